The Bertz CT molecular complexity index is 547. The summed E-state index contributed by atoms with van der Waals surface area (Å²) in [5, 5.41) is 11.6. The number of fused-ring (bicyclic) bond motifs is 1. The van der Waals surface area contributed by atoms with Gasteiger partial charge in [0.2, 0.25) is 0 Å². The summed E-state index contributed by atoms with van der Waals surface area (Å²) in [6, 6.07) is 2.07. The molecular formula is C12H13BrN2OS. The maximum Gasteiger partial charge on any atom is 0.109 e. The van der Waals surface area contributed by atoms with Crippen LogP contribution in [0.2, 0.25) is 0 Å². The number of rotatable bonds is 2. The Morgan fingerprint density at radius 3 is 3.06 bits per heavy atom. The minimum absolute atomic E-state index is 0.0673. The number of thiophene rings is 1. The lowest BCUT2D eigenvalue weighted by Gasteiger charge is -2.15. The molecule has 3 rings (SSSR count). The number of nitrogens with zero attached hydrogens (tertiary/aromatic N) is 2. The van der Waals surface area contributed by atoms with Gasteiger partial charge in [0.15, 0.2) is 0 Å². The molecule has 17 heavy (non-hydrogen) atoms. The molecule has 1 aliphatic heterocycles. The van der Waals surface area contributed by atoms with Crippen molar-refractivity contribution < 1.29 is 5.11 Å². The highest BCUT2D eigenvalue weighted by Gasteiger charge is 2.20. The third-order valence-electron chi connectivity index (χ3n) is 3.13. The molecule has 0 unspecified atom stereocenters. The van der Waals surface area contributed by atoms with Crippen LogP contribution >= 0.6 is 27.3 Å². The van der Waals surface area contributed by atoms with Gasteiger partial charge in [-0.05, 0) is 34.8 Å². The van der Waals surface area contributed by atoms with Gasteiger partial charge in [0.1, 0.15) is 11.5 Å². The zero-order valence-corrected chi connectivity index (χ0v) is 11.7. The van der Waals surface area contributed by atoms with Crippen LogP contribution in [0.1, 0.15) is 24.4 Å². The number of aliphatic hydroxyl groups is 1. The minimum atomic E-state index is 0.0673. The summed E-state index contributed by atoms with van der Waals surface area (Å²) in [5.41, 5.74) is 1.93. The lowest BCUT2D eigenvalue weighted by atomic mass is 10.1. The molecule has 0 aliphatic carbocycles. The van der Waals surface area contributed by atoms with Crippen molar-refractivity contribution in [1.82, 2.24) is 9.55 Å². The standard InChI is InChI=1S/C12H13BrN2OS/c13-8-5-10(17-7-8)12-9(6-16)15-4-2-1-3-11(15)14-12/h5,7,16H,1-4,6H2. The molecule has 0 saturated carbocycles. The van der Waals surface area contributed by atoms with Crippen molar-refractivity contribution in [3.05, 3.63) is 27.4 Å². The molecule has 2 aromatic heterocycles. The van der Waals surface area contributed by atoms with Crippen molar-refractivity contribution in [2.45, 2.75) is 32.4 Å². The fraction of sp³-hybridized carbons (Fsp3) is 0.417. The summed E-state index contributed by atoms with van der Waals surface area (Å²) in [4.78, 5) is 5.83. The first-order chi connectivity index (χ1) is 8.29. The van der Waals surface area contributed by atoms with E-state index in [0.717, 1.165) is 39.5 Å². The van der Waals surface area contributed by atoms with Crippen LogP contribution in [0, 0.1) is 0 Å². The number of imidazole rings is 1. The summed E-state index contributed by atoms with van der Waals surface area (Å²) in [5.74, 6) is 1.12. The number of aliphatic hydroxyl groups excluding tert-OH is 1. The molecule has 0 bridgehead atoms. The van der Waals surface area contributed by atoms with Crippen molar-refractivity contribution >= 4 is 27.3 Å². The predicted molar refractivity (Wildman–Crippen MR) is 72.1 cm³/mol. The summed E-state index contributed by atoms with van der Waals surface area (Å²) in [6.07, 6.45) is 3.42. The first-order valence-corrected chi connectivity index (χ1v) is 7.40. The summed E-state index contributed by atoms with van der Waals surface area (Å²) >= 11 is 5.12. The van der Waals surface area contributed by atoms with Gasteiger partial charge >= 0.3 is 0 Å². The highest BCUT2D eigenvalue weighted by molar-refractivity contribution is 9.10. The van der Waals surface area contributed by atoms with Gasteiger partial charge in [-0.3, -0.25) is 0 Å². The molecule has 3 heterocycles. The fourth-order valence-electron chi connectivity index (χ4n) is 2.34. The zero-order chi connectivity index (χ0) is 11.8. The molecule has 0 fully saturated rings. The van der Waals surface area contributed by atoms with Crippen LogP contribution in [0.4, 0.5) is 0 Å². The van der Waals surface area contributed by atoms with Crippen molar-refractivity contribution in [2.75, 3.05) is 0 Å². The van der Waals surface area contributed by atoms with Gasteiger partial charge in [0, 0.05) is 22.8 Å². The highest BCUT2D eigenvalue weighted by Crippen LogP contribution is 2.33. The lowest BCUT2D eigenvalue weighted by Crippen LogP contribution is -2.12. The second kappa shape index (κ2) is 4.55. The number of halogens is 1. The first-order valence-electron chi connectivity index (χ1n) is 5.73. The van der Waals surface area contributed by atoms with Crippen LogP contribution in [-0.4, -0.2) is 14.7 Å². The molecule has 0 atom stereocenters. The topological polar surface area (TPSA) is 38.1 Å². The third kappa shape index (κ3) is 1.96. The van der Waals surface area contributed by atoms with E-state index in [1.54, 1.807) is 11.3 Å². The molecule has 90 valence electrons. The van der Waals surface area contributed by atoms with E-state index in [0.29, 0.717) is 0 Å². The highest BCUT2D eigenvalue weighted by atomic mass is 79.9. The van der Waals surface area contributed by atoms with Crippen molar-refractivity contribution in [3.63, 3.8) is 0 Å². The molecular weight excluding hydrogens is 300 g/mol. The molecule has 1 aliphatic rings. The van der Waals surface area contributed by atoms with Crippen LogP contribution in [-0.2, 0) is 19.6 Å². The zero-order valence-electron chi connectivity index (χ0n) is 9.32. The van der Waals surface area contributed by atoms with Gasteiger partial charge in [-0.2, -0.15) is 0 Å². The number of hydrogen-bond acceptors (Lipinski definition) is 3. The maximum absolute atomic E-state index is 9.56. The van der Waals surface area contributed by atoms with Gasteiger partial charge in [-0.15, -0.1) is 11.3 Å². The molecule has 1 N–H and O–H groups in total. The number of aromatic nitrogens is 2. The second-order valence-electron chi connectivity index (χ2n) is 4.22. The van der Waals surface area contributed by atoms with Crippen LogP contribution in [0.3, 0.4) is 0 Å². The molecule has 0 aromatic carbocycles. The Morgan fingerprint density at radius 2 is 2.35 bits per heavy atom. The van der Waals surface area contributed by atoms with E-state index in [1.165, 1.54) is 12.8 Å². The number of hydrogen-bond donors (Lipinski definition) is 1. The van der Waals surface area contributed by atoms with E-state index in [9.17, 15) is 5.11 Å². The van der Waals surface area contributed by atoms with Crippen molar-refractivity contribution in [3.8, 4) is 10.6 Å². The lowest BCUT2D eigenvalue weighted by molar-refractivity contribution is 0.268. The molecule has 2 aromatic rings. The molecule has 0 radical (unpaired) electrons. The van der Waals surface area contributed by atoms with Crippen molar-refractivity contribution in [2.24, 2.45) is 0 Å². The maximum atomic E-state index is 9.56. The Morgan fingerprint density at radius 1 is 1.47 bits per heavy atom. The van der Waals surface area contributed by atoms with Crippen LogP contribution in [0.25, 0.3) is 10.6 Å². The van der Waals surface area contributed by atoms with Crippen LogP contribution in [0.15, 0.2) is 15.9 Å². The fourth-order valence-corrected chi connectivity index (χ4v) is 3.78. The summed E-state index contributed by atoms with van der Waals surface area (Å²) in [7, 11) is 0. The Kier molecular flexibility index (Phi) is 3.06. The minimum Gasteiger partial charge on any atom is -0.390 e. The van der Waals surface area contributed by atoms with E-state index in [2.05, 4.69) is 31.9 Å². The largest absolute Gasteiger partial charge is 0.390 e. The molecule has 0 amide bonds. The molecule has 0 spiro atoms. The normalized spacial score (nSPS) is 14.9. The van der Waals surface area contributed by atoms with Crippen LogP contribution < -0.4 is 0 Å². The third-order valence-corrected chi connectivity index (χ3v) is 4.83. The van der Waals surface area contributed by atoms with Gasteiger partial charge in [0.05, 0.1) is 17.2 Å². The van der Waals surface area contributed by atoms with Gasteiger partial charge in [0.25, 0.3) is 0 Å². The SMILES string of the molecule is OCc1c(-c2cc(Br)cs2)nc2n1CCCC2. The Balaban J connectivity index is 2.13. The van der Waals surface area contributed by atoms with E-state index in [-0.39, 0.29) is 6.61 Å². The van der Waals surface area contributed by atoms with E-state index in [1.807, 2.05) is 0 Å². The predicted octanol–water partition coefficient (Wildman–Crippen LogP) is 3.20. The van der Waals surface area contributed by atoms with Gasteiger partial charge in [-0.25, -0.2) is 4.98 Å². The molecule has 5 heteroatoms. The quantitative estimate of drug-likeness (QED) is 0.924. The average Bonchev–Trinajstić information content (AvgIpc) is 2.91. The van der Waals surface area contributed by atoms with E-state index < -0.39 is 0 Å². The van der Waals surface area contributed by atoms with Gasteiger partial charge < -0.3 is 9.67 Å². The average molecular weight is 313 g/mol. The monoisotopic (exact) mass is 312 g/mol. The van der Waals surface area contributed by atoms with E-state index >= 15 is 0 Å². The first kappa shape index (κ1) is 11.4. The van der Waals surface area contributed by atoms with Gasteiger partial charge in [-0.1, -0.05) is 0 Å². The smallest absolute Gasteiger partial charge is 0.109 e. The Labute approximate surface area is 112 Å². The molecule has 0 saturated heterocycles. The second-order valence-corrected chi connectivity index (χ2v) is 6.05. The van der Waals surface area contributed by atoms with E-state index in [4.69, 9.17) is 4.98 Å². The van der Waals surface area contributed by atoms with Crippen LogP contribution in [0.5, 0.6) is 0 Å². The van der Waals surface area contributed by atoms with Crippen molar-refractivity contribution in [1.29, 1.82) is 0 Å². The summed E-state index contributed by atoms with van der Waals surface area (Å²) in [6.45, 7) is 1.06. The number of aryl methyl sites for hydroxylation is 1. The molecule has 3 nitrogen and oxygen atoms in total. The Hall–Kier alpha value is -0.650. The summed E-state index contributed by atoms with van der Waals surface area (Å²) < 4.78 is 3.26.